The number of rotatable bonds is 4. The van der Waals surface area contributed by atoms with Crippen LogP contribution in [0.4, 0.5) is 5.69 Å². The first-order valence-electron chi connectivity index (χ1n) is 6.49. The summed E-state index contributed by atoms with van der Waals surface area (Å²) >= 11 is 12.0. The Kier molecular flexibility index (Phi) is 3.67. The lowest BCUT2D eigenvalue weighted by atomic mass is 10.1. The third kappa shape index (κ3) is 3.43. The molecule has 1 aliphatic rings. The van der Waals surface area contributed by atoms with Crippen LogP contribution in [0, 0.1) is 0 Å². The minimum atomic E-state index is 0.654. The van der Waals surface area contributed by atoms with Gasteiger partial charge < -0.3 is 5.32 Å². The van der Waals surface area contributed by atoms with Crippen LogP contribution in [0.2, 0.25) is 10.0 Å². The van der Waals surface area contributed by atoms with Crippen LogP contribution in [-0.4, -0.2) is 0 Å². The quantitative estimate of drug-likeness (QED) is 0.786. The average molecular weight is 292 g/mol. The molecule has 1 aliphatic carbocycles. The van der Waals surface area contributed by atoms with Crippen LogP contribution in [0.25, 0.3) is 0 Å². The van der Waals surface area contributed by atoms with Crippen LogP contribution in [-0.2, 0) is 6.54 Å². The number of hydrogen-bond acceptors (Lipinski definition) is 1. The second-order valence-electron chi connectivity index (χ2n) is 5.03. The number of halogens is 2. The van der Waals surface area contributed by atoms with Crippen molar-refractivity contribution >= 4 is 28.9 Å². The van der Waals surface area contributed by atoms with E-state index in [4.69, 9.17) is 23.2 Å². The SMILES string of the molecule is Clc1cc(Cl)cc(NCc2cccc(C3CC3)c2)c1. The van der Waals surface area contributed by atoms with Crippen LogP contribution in [0.15, 0.2) is 42.5 Å². The molecule has 0 bridgehead atoms. The fraction of sp³-hybridized carbons (Fsp3) is 0.250. The fourth-order valence-corrected chi connectivity index (χ4v) is 2.76. The first kappa shape index (κ1) is 12.8. The van der Waals surface area contributed by atoms with Crippen molar-refractivity contribution in [1.29, 1.82) is 0 Å². The third-order valence-electron chi connectivity index (χ3n) is 3.36. The standard InChI is InChI=1S/C16H15Cl2N/c17-14-7-15(18)9-16(8-14)19-10-11-2-1-3-13(6-11)12-4-5-12/h1-3,6-9,12,19H,4-5,10H2. The molecule has 2 aromatic carbocycles. The normalized spacial score (nSPS) is 14.4. The smallest absolute Gasteiger partial charge is 0.0441 e. The largest absolute Gasteiger partial charge is 0.381 e. The molecule has 1 saturated carbocycles. The molecule has 19 heavy (non-hydrogen) atoms. The predicted molar refractivity (Wildman–Crippen MR) is 82.2 cm³/mol. The monoisotopic (exact) mass is 291 g/mol. The van der Waals surface area contributed by atoms with Gasteiger partial charge in [-0.3, -0.25) is 0 Å². The van der Waals surface area contributed by atoms with Gasteiger partial charge in [0, 0.05) is 22.3 Å². The van der Waals surface area contributed by atoms with Crippen molar-refractivity contribution in [2.75, 3.05) is 5.32 Å². The Labute approximate surface area is 123 Å². The summed E-state index contributed by atoms with van der Waals surface area (Å²) in [5.41, 5.74) is 3.71. The van der Waals surface area contributed by atoms with E-state index >= 15 is 0 Å². The summed E-state index contributed by atoms with van der Waals surface area (Å²) in [5, 5.41) is 4.67. The van der Waals surface area contributed by atoms with Crippen molar-refractivity contribution in [3.8, 4) is 0 Å². The summed E-state index contributed by atoms with van der Waals surface area (Å²) in [6.07, 6.45) is 2.67. The van der Waals surface area contributed by atoms with Crippen molar-refractivity contribution in [2.45, 2.75) is 25.3 Å². The summed E-state index contributed by atoms with van der Waals surface area (Å²) in [6, 6.07) is 14.3. The number of hydrogen-bond donors (Lipinski definition) is 1. The van der Waals surface area contributed by atoms with E-state index in [1.54, 1.807) is 6.07 Å². The molecule has 3 rings (SSSR count). The zero-order valence-electron chi connectivity index (χ0n) is 10.5. The Bertz CT molecular complexity index is 571. The van der Waals surface area contributed by atoms with E-state index in [0.29, 0.717) is 10.0 Å². The molecule has 1 fully saturated rings. The van der Waals surface area contributed by atoms with Crippen LogP contribution in [0.5, 0.6) is 0 Å². The summed E-state index contributed by atoms with van der Waals surface area (Å²) in [7, 11) is 0. The van der Waals surface area contributed by atoms with Gasteiger partial charge in [0.15, 0.2) is 0 Å². The molecule has 1 N–H and O–H groups in total. The second kappa shape index (κ2) is 5.44. The lowest BCUT2D eigenvalue weighted by Crippen LogP contribution is -1.99. The van der Waals surface area contributed by atoms with Gasteiger partial charge in [0.2, 0.25) is 0 Å². The summed E-state index contributed by atoms with van der Waals surface area (Å²) in [6.45, 7) is 0.789. The van der Waals surface area contributed by atoms with Gasteiger partial charge >= 0.3 is 0 Å². The molecule has 0 radical (unpaired) electrons. The van der Waals surface area contributed by atoms with Crippen molar-refractivity contribution in [3.63, 3.8) is 0 Å². The van der Waals surface area contributed by atoms with Crippen molar-refractivity contribution < 1.29 is 0 Å². The highest BCUT2D eigenvalue weighted by Crippen LogP contribution is 2.40. The van der Waals surface area contributed by atoms with Gasteiger partial charge in [-0.05, 0) is 48.1 Å². The maximum atomic E-state index is 5.98. The molecule has 3 heteroatoms. The molecular weight excluding hydrogens is 277 g/mol. The molecule has 0 atom stereocenters. The van der Waals surface area contributed by atoms with E-state index in [1.165, 1.54) is 24.0 Å². The van der Waals surface area contributed by atoms with Crippen LogP contribution < -0.4 is 5.32 Å². The highest BCUT2D eigenvalue weighted by Gasteiger charge is 2.23. The molecule has 98 valence electrons. The lowest BCUT2D eigenvalue weighted by molar-refractivity contribution is 1.09. The Hall–Kier alpha value is -1.18. The van der Waals surface area contributed by atoms with Crippen LogP contribution in [0.3, 0.4) is 0 Å². The van der Waals surface area contributed by atoms with Crippen molar-refractivity contribution in [2.24, 2.45) is 0 Å². The van der Waals surface area contributed by atoms with Crippen molar-refractivity contribution in [1.82, 2.24) is 0 Å². The Balaban J connectivity index is 1.69. The molecule has 0 aliphatic heterocycles. The van der Waals surface area contributed by atoms with E-state index in [2.05, 4.69) is 29.6 Å². The van der Waals surface area contributed by atoms with Gasteiger partial charge in [0.25, 0.3) is 0 Å². The van der Waals surface area contributed by atoms with E-state index in [-0.39, 0.29) is 0 Å². The van der Waals surface area contributed by atoms with Gasteiger partial charge in [-0.25, -0.2) is 0 Å². The molecule has 0 heterocycles. The van der Waals surface area contributed by atoms with E-state index in [1.807, 2.05) is 12.1 Å². The Morgan fingerprint density at radius 2 is 1.74 bits per heavy atom. The number of nitrogens with one attached hydrogen (secondary N) is 1. The molecule has 1 nitrogen and oxygen atoms in total. The first-order chi connectivity index (χ1) is 9.20. The van der Waals surface area contributed by atoms with Crippen molar-refractivity contribution in [3.05, 3.63) is 63.6 Å². The minimum absolute atomic E-state index is 0.654. The predicted octanol–water partition coefficient (Wildman–Crippen LogP) is 5.48. The minimum Gasteiger partial charge on any atom is -0.381 e. The maximum absolute atomic E-state index is 5.98. The van der Waals surface area contributed by atoms with E-state index in [0.717, 1.165) is 18.2 Å². The van der Waals surface area contributed by atoms with Crippen LogP contribution in [0.1, 0.15) is 29.9 Å². The van der Waals surface area contributed by atoms with Gasteiger partial charge in [-0.2, -0.15) is 0 Å². The summed E-state index contributed by atoms with van der Waals surface area (Å²) in [4.78, 5) is 0. The molecule has 0 saturated heterocycles. The summed E-state index contributed by atoms with van der Waals surface area (Å²) < 4.78 is 0. The molecule has 0 aromatic heterocycles. The van der Waals surface area contributed by atoms with E-state index in [9.17, 15) is 0 Å². The summed E-state index contributed by atoms with van der Waals surface area (Å²) in [5.74, 6) is 0.792. The Morgan fingerprint density at radius 3 is 2.42 bits per heavy atom. The molecule has 0 amide bonds. The number of benzene rings is 2. The zero-order valence-corrected chi connectivity index (χ0v) is 12.0. The molecule has 2 aromatic rings. The van der Waals surface area contributed by atoms with Crippen LogP contribution >= 0.6 is 23.2 Å². The average Bonchev–Trinajstić information content (AvgIpc) is 3.20. The molecule has 0 unspecified atom stereocenters. The third-order valence-corrected chi connectivity index (χ3v) is 3.80. The number of anilines is 1. The molecule has 0 spiro atoms. The topological polar surface area (TPSA) is 12.0 Å². The lowest BCUT2D eigenvalue weighted by Gasteiger charge is -2.09. The zero-order chi connectivity index (χ0) is 13.2. The van der Waals surface area contributed by atoms with Gasteiger partial charge in [-0.15, -0.1) is 0 Å². The van der Waals surface area contributed by atoms with Gasteiger partial charge in [0.1, 0.15) is 0 Å². The maximum Gasteiger partial charge on any atom is 0.0441 e. The van der Waals surface area contributed by atoms with Gasteiger partial charge in [-0.1, -0.05) is 47.5 Å². The highest BCUT2D eigenvalue weighted by molar-refractivity contribution is 6.35. The Morgan fingerprint density at radius 1 is 1.00 bits per heavy atom. The van der Waals surface area contributed by atoms with Gasteiger partial charge in [0.05, 0.1) is 0 Å². The van der Waals surface area contributed by atoms with E-state index < -0.39 is 0 Å². The highest BCUT2D eigenvalue weighted by atomic mass is 35.5. The second-order valence-corrected chi connectivity index (χ2v) is 5.90. The molecular formula is C16H15Cl2N. The first-order valence-corrected chi connectivity index (χ1v) is 7.25. The fourth-order valence-electron chi connectivity index (χ4n) is 2.23.